The van der Waals surface area contributed by atoms with E-state index in [0.717, 1.165) is 51.3 Å². The molecule has 1 aromatic rings. The zero-order valence-electron chi connectivity index (χ0n) is 15.5. The third kappa shape index (κ3) is 6.16. The number of hydrogen-bond acceptors (Lipinski definition) is 3. The first kappa shape index (κ1) is 21.7. The molecule has 0 saturated heterocycles. The van der Waals surface area contributed by atoms with E-state index in [1.165, 1.54) is 0 Å². The molecule has 1 saturated carbocycles. The molecule has 142 valence electrons. The summed E-state index contributed by atoms with van der Waals surface area (Å²) < 4.78 is 2.02. The van der Waals surface area contributed by atoms with Crippen molar-refractivity contribution in [1.29, 1.82) is 0 Å². The molecule has 1 heterocycles. The van der Waals surface area contributed by atoms with Crippen LogP contribution in [0.15, 0.2) is 23.7 Å². The number of nitrogens with one attached hydrogen (secondary N) is 2. The molecule has 0 unspecified atom stereocenters. The minimum Gasteiger partial charge on any atom is -0.357 e. The molecule has 1 aliphatic rings. The van der Waals surface area contributed by atoms with Crippen molar-refractivity contribution in [3.05, 3.63) is 18.7 Å². The molecule has 0 aromatic carbocycles. The van der Waals surface area contributed by atoms with Gasteiger partial charge in [-0.3, -0.25) is 9.79 Å². The van der Waals surface area contributed by atoms with E-state index in [4.69, 9.17) is 4.99 Å². The van der Waals surface area contributed by atoms with Crippen LogP contribution < -0.4 is 10.6 Å². The molecule has 8 heteroatoms. The zero-order chi connectivity index (χ0) is 17.4. The van der Waals surface area contributed by atoms with Gasteiger partial charge in [0.1, 0.15) is 0 Å². The summed E-state index contributed by atoms with van der Waals surface area (Å²) in [6.45, 7) is 4.97. The number of amides is 1. The number of carbonyl (C=O) groups excluding carboxylic acids is 1. The summed E-state index contributed by atoms with van der Waals surface area (Å²) in [6, 6.07) is 0. The molecule has 7 nitrogen and oxygen atoms in total. The predicted molar refractivity (Wildman–Crippen MR) is 111 cm³/mol. The summed E-state index contributed by atoms with van der Waals surface area (Å²) in [7, 11) is 3.67. The number of hydrogen-bond donors (Lipinski definition) is 2. The van der Waals surface area contributed by atoms with Crippen LogP contribution in [-0.4, -0.2) is 60.0 Å². The SMILES string of the molecule is CCNC(=NCC1(C(=O)N(C)C)CCCC1)NCCn1ccnc1.I. The Morgan fingerprint density at radius 2 is 2.04 bits per heavy atom. The molecular formula is C17H31IN6O. The lowest BCUT2D eigenvalue weighted by Gasteiger charge is -2.29. The fourth-order valence-corrected chi connectivity index (χ4v) is 3.26. The van der Waals surface area contributed by atoms with Gasteiger partial charge in [0.15, 0.2) is 5.96 Å². The van der Waals surface area contributed by atoms with Gasteiger partial charge in [0.25, 0.3) is 0 Å². The van der Waals surface area contributed by atoms with Crippen LogP contribution in [0.4, 0.5) is 0 Å². The molecule has 1 fully saturated rings. The van der Waals surface area contributed by atoms with E-state index in [2.05, 4.69) is 15.6 Å². The summed E-state index contributed by atoms with van der Waals surface area (Å²) in [5.74, 6) is 0.980. The van der Waals surface area contributed by atoms with E-state index < -0.39 is 0 Å². The van der Waals surface area contributed by atoms with Gasteiger partial charge in [0.2, 0.25) is 5.91 Å². The predicted octanol–water partition coefficient (Wildman–Crippen LogP) is 1.70. The fourth-order valence-electron chi connectivity index (χ4n) is 3.26. The zero-order valence-corrected chi connectivity index (χ0v) is 17.8. The third-order valence-corrected chi connectivity index (χ3v) is 4.53. The van der Waals surface area contributed by atoms with Crippen LogP contribution in [0.5, 0.6) is 0 Å². The molecule has 0 spiro atoms. The Morgan fingerprint density at radius 1 is 1.32 bits per heavy atom. The highest BCUT2D eigenvalue weighted by atomic mass is 127. The van der Waals surface area contributed by atoms with Crippen LogP contribution in [0.25, 0.3) is 0 Å². The van der Waals surface area contributed by atoms with Crippen molar-refractivity contribution in [3.8, 4) is 0 Å². The smallest absolute Gasteiger partial charge is 0.230 e. The van der Waals surface area contributed by atoms with Gasteiger partial charge in [-0.2, -0.15) is 0 Å². The Kier molecular flexibility index (Phi) is 9.23. The van der Waals surface area contributed by atoms with Gasteiger partial charge in [-0.1, -0.05) is 12.8 Å². The standard InChI is InChI=1S/C17H30N6O.HI/c1-4-19-16(20-10-12-23-11-9-18-14-23)21-13-17(7-5-6-8-17)15(24)22(2)3;/h9,11,14H,4-8,10,12-13H2,1-3H3,(H2,19,20,21);1H. The van der Waals surface area contributed by atoms with Crippen molar-refractivity contribution in [2.45, 2.75) is 39.2 Å². The Bertz CT molecular complexity index is 537. The first-order chi connectivity index (χ1) is 11.6. The van der Waals surface area contributed by atoms with Crippen molar-refractivity contribution in [3.63, 3.8) is 0 Å². The van der Waals surface area contributed by atoms with E-state index in [1.807, 2.05) is 31.8 Å². The van der Waals surface area contributed by atoms with Crippen molar-refractivity contribution in [2.24, 2.45) is 10.4 Å². The van der Waals surface area contributed by atoms with E-state index in [1.54, 1.807) is 17.4 Å². The summed E-state index contributed by atoms with van der Waals surface area (Å²) in [4.78, 5) is 23.1. The quantitative estimate of drug-likeness (QED) is 0.368. The number of guanidine groups is 1. The van der Waals surface area contributed by atoms with Crippen LogP contribution >= 0.6 is 24.0 Å². The van der Waals surface area contributed by atoms with Crippen LogP contribution in [0.2, 0.25) is 0 Å². The molecule has 0 radical (unpaired) electrons. The van der Waals surface area contributed by atoms with Crippen molar-refractivity contribution < 1.29 is 4.79 Å². The molecule has 1 aromatic heterocycles. The average molecular weight is 462 g/mol. The van der Waals surface area contributed by atoms with Gasteiger partial charge in [-0.25, -0.2) is 4.98 Å². The monoisotopic (exact) mass is 462 g/mol. The lowest BCUT2D eigenvalue weighted by molar-refractivity contribution is -0.138. The molecule has 1 aliphatic carbocycles. The number of aliphatic imine (C=N–C) groups is 1. The molecular weight excluding hydrogens is 431 g/mol. The van der Waals surface area contributed by atoms with Gasteiger partial charge in [0, 0.05) is 46.1 Å². The highest BCUT2D eigenvalue weighted by Crippen LogP contribution is 2.39. The number of carbonyl (C=O) groups is 1. The maximum atomic E-state index is 12.6. The minimum atomic E-state index is -0.323. The van der Waals surface area contributed by atoms with E-state index in [9.17, 15) is 4.79 Å². The van der Waals surface area contributed by atoms with E-state index >= 15 is 0 Å². The second kappa shape index (κ2) is 10.6. The molecule has 2 rings (SSSR count). The van der Waals surface area contributed by atoms with Crippen molar-refractivity contribution in [1.82, 2.24) is 25.1 Å². The van der Waals surface area contributed by atoms with Gasteiger partial charge in [-0.05, 0) is 19.8 Å². The lowest BCUT2D eigenvalue weighted by atomic mass is 9.85. The van der Waals surface area contributed by atoms with Gasteiger partial charge >= 0.3 is 0 Å². The number of imidazole rings is 1. The number of aromatic nitrogens is 2. The largest absolute Gasteiger partial charge is 0.357 e. The highest BCUT2D eigenvalue weighted by Gasteiger charge is 2.41. The van der Waals surface area contributed by atoms with E-state index in [0.29, 0.717) is 6.54 Å². The van der Waals surface area contributed by atoms with Gasteiger partial charge < -0.3 is 20.1 Å². The molecule has 25 heavy (non-hydrogen) atoms. The Balaban J connectivity index is 0.00000312. The topological polar surface area (TPSA) is 74.6 Å². The first-order valence-electron chi connectivity index (χ1n) is 8.77. The number of nitrogens with zero attached hydrogens (tertiary/aromatic N) is 4. The molecule has 0 bridgehead atoms. The van der Waals surface area contributed by atoms with Crippen LogP contribution in [-0.2, 0) is 11.3 Å². The summed E-state index contributed by atoms with van der Waals surface area (Å²) in [6.07, 6.45) is 9.60. The normalized spacial score (nSPS) is 16.2. The summed E-state index contributed by atoms with van der Waals surface area (Å²) in [5.41, 5.74) is -0.323. The van der Waals surface area contributed by atoms with Crippen LogP contribution in [0.3, 0.4) is 0 Å². The molecule has 0 aliphatic heterocycles. The highest BCUT2D eigenvalue weighted by molar-refractivity contribution is 14.0. The van der Waals surface area contributed by atoms with Crippen LogP contribution in [0, 0.1) is 5.41 Å². The maximum absolute atomic E-state index is 12.6. The number of rotatable bonds is 7. The Labute approximate surface area is 167 Å². The van der Waals surface area contributed by atoms with Gasteiger partial charge in [-0.15, -0.1) is 24.0 Å². The molecule has 1 amide bonds. The average Bonchev–Trinajstić information content (AvgIpc) is 3.24. The Morgan fingerprint density at radius 3 is 2.60 bits per heavy atom. The minimum absolute atomic E-state index is 0. The third-order valence-electron chi connectivity index (χ3n) is 4.53. The van der Waals surface area contributed by atoms with Gasteiger partial charge in [0.05, 0.1) is 18.3 Å². The summed E-state index contributed by atoms with van der Waals surface area (Å²) in [5, 5.41) is 6.59. The maximum Gasteiger partial charge on any atom is 0.230 e. The van der Waals surface area contributed by atoms with E-state index in [-0.39, 0.29) is 35.3 Å². The summed E-state index contributed by atoms with van der Waals surface area (Å²) >= 11 is 0. The molecule has 2 N–H and O–H groups in total. The van der Waals surface area contributed by atoms with Crippen molar-refractivity contribution >= 4 is 35.8 Å². The second-order valence-electron chi connectivity index (χ2n) is 6.61. The fraction of sp³-hybridized carbons (Fsp3) is 0.706. The first-order valence-corrected chi connectivity index (χ1v) is 8.77. The van der Waals surface area contributed by atoms with Crippen molar-refractivity contribution in [2.75, 3.05) is 33.7 Å². The Hall–Kier alpha value is -1.32. The molecule has 0 atom stereocenters. The lowest BCUT2D eigenvalue weighted by Crippen LogP contribution is -2.43. The number of halogens is 1. The second-order valence-corrected chi connectivity index (χ2v) is 6.61. The van der Waals surface area contributed by atoms with Crippen LogP contribution in [0.1, 0.15) is 32.6 Å².